The second-order valence-corrected chi connectivity index (χ2v) is 5.15. The summed E-state index contributed by atoms with van der Waals surface area (Å²) in [4.78, 5) is 21.8. The molecule has 0 radical (unpaired) electrons. The molecular formula is C11H12O2S2. The standard InChI is InChI=1S/C11H12O2S2/c1-9(13)14-5-3-2-4-10-6-11(7-12)15-8-10/h2,4,6-8H,3,5H2,1H3. The van der Waals surface area contributed by atoms with Gasteiger partial charge < -0.3 is 0 Å². The van der Waals surface area contributed by atoms with Crippen molar-refractivity contribution in [1.82, 2.24) is 0 Å². The zero-order valence-electron chi connectivity index (χ0n) is 8.43. The third-order valence-electron chi connectivity index (χ3n) is 1.66. The van der Waals surface area contributed by atoms with Crippen molar-refractivity contribution < 1.29 is 9.59 Å². The molecule has 1 rings (SSSR count). The number of thioether (sulfide) groups is 1. The van der Waals surface area contributed by atoms with Crippen molar-refractivity contribution in [1.29, 1.82) is 0 Å². The summed E-state index contributed by atoms with van der Waals surface area (Å²) < 4.78 is 0. The minimum atomic E-state index is 0.155. The number of rotatable bonds is 5. The van der Waals surface area contributed by atoms with Crippen LogP contribution in [0.4, 0.5) is 0 Å². The maximum absolute atomic E-state index is 10.6. The third-order valence-corrected chi connectivity index (χ3v) is 3.38. The highest BCUT2D eigenvalue weighted by atomic mass is 32.2. The molecule has 1 aromatic heterocycles. The molecule has 0 aromatic carbocycles. The molecule has 0 bridgehead atoms. The van der Waals surface area contributed by atoms with Crippen LogP contribution in [0.3, 0.4) is 0 Å². The van der Waals surface area contributed by atoms with Crippen LogP contribution in [0.25, 0.3) is 6.08 Å². The molecule has 0 saturated carbocycles. The van der Waals surface area contributed by atoms with E-state index in [1.807, 2.05) is 23.6 Å². The Bertz CT molecular complexity index is 366. The molecule has 0 spiro atoms. The van der Waals surface area contributed by atoms with Gasteiger partial charge >= 0.3 is 0 Å². The van der Waals surface area contributed by atoms with Crippen LogP contribution in [-0.2, 0) is 4.79 Å². The van der Waals surface area contributed by atoms with Crippen LogP contribution in [0.1, 0.15) is 28.6 Å². The summed E-state index contributed by atoms with van der Waals surface area (Å²) >= 11 is 2.77. The fourth-order valence-electron chi connectivity index (χ4n) is 1.01. The summed E-state index contributed by atoms with van der Waals surface area (Å²) in [7, 11) is 0. The summed E-state index contributed by atoms with van der Waals surface area (Å²) in [6, 6.07) is 1.85. The molecule has 15 heavy (non-hydrogen) atoms. The van der Waals surface area contributed by atoms with E-state index in [9.17, 15) is 9.59 Å². The lowest BCUT2D eigenvalue weighted by molar-refractivity contribution is -0.109. The van der Waals surface area contributed by atoms with Gasteiger partial charge in [0, 0.05) is 12.7 Å². The Kier molecular flexibility index (Phi) is 5.36. The minimum Gasteiger partial charge on any atom is -0.297 e. The maximum atomic E-state index is 10.6. The molecule has 1 aromatic rings. The lowest BCUT2D eigenvalue weighted by Crippen LogP contribution is -1.83. The number of hydrogen-bond donors (Lipinski definition) is 0. The molecular weight excluding hydrogens is 228 g/mol. The Balaban J connectivity index is 2.31. The molecule has 0 aliphatic heterocycles. The van der Waals surface area contributed by atoms with Crippen molar-refractivity contribution in [3.05, 3.63) is 28.0 Å². The monoisotopic (exact) mass is 240 g/mol. The molecule has 0 amide bonds. The topological polar surface area (TPSA) is 34.1 Å². The molecule has 4 heteroatoms. The lowest BCUT2D eigenvalue weighted by Gasteiger charge is -1.90. The van der Waals surface area contributed by atoms with Gasteiger partial charge in [-0.05, 0) is 23.4 Å². The Hall–Kier alpha value is -0.870. The Morgan fingerprint density at radius 1 is 1.60 bits per heavy atom. The number of aldehydes is 1. The van der Waals surface area contributed by atoms with E-state index in [1.165, 1.54) is 23.1 Å². The van der Waals surface area contributed by atoms with E-state index in [-0.39, 0.29) is 5.12 Å². The van der Waals surface area contributed by atoms with Crippen LogP contribution in [0.15, 0.2) is 17.5 Å². The Labute approximate surface area is 97.4 Å². The predicted octanol–water partition coefficient (Wildman–Crippen LogP) is 3.24. The average molecular weight is 240 g/mol. The highest BCUT2D eigenvalue weighted by Crippen LogP contribution is 2.14. The van der Waals surface area contributed by atoms with Gasteiger partial charge in [0.25, 0.3) is 0 Å². The van der Waals surface area contributed by atoms with Gasteiger partial charge in [0.05, 0.1) is 4.88 Å². The zero-order valence-corrected chi connectivity index (χ0v) is 10.1. The van der Waals surface area contributed by atoms with Gasteiger partial charge in [0.1, 0.15) is 0 Å². The number of carbonyl (C=O) groups excluding carboxylic acids is 2. The van der Waals surface area contributed by atoms with Crippen LogP contribution in [0.5, 0.6) is 0 Å². The van der Waals surface area contributed by atoms with E-state index in [1.54, 1.807) is 6.92 Å². The summed E-state index contributed by atoms with van der Waals surface area (Å²) in [6.45, 7) is 1.57. The van der Waals surface area contributed by atoms with Gasteiger partial charge in [0.15, 0.2) is 11.4 Å². The highest BCUT2D eigenvalue weighted by molar-refractivity contribution is 8.13. The summed E-state index contributed by atoms with van der Waals surface area (Å²) in [5, 5.41) is 2.10. The number of carbonyl (C=O) groups is 2. The largest absolute Gasteiger partial charge is 0.297 e. The van der Waals surface area contributed by atoms with Crippen LogP contribution < -0.4 is 0 Å². The van der Waals surface area contributed by atoms with Crippen LogP contribution >= 0.6 is 23.1 Å². The van der Waals surface area contributed by atoms with Crippen molar-refractivity contribution in [3.63, 3.8) is 0 Å². The van der Waals surface area contributed by atoms with Gasteiger partial charge in [-0.25, -0.2) is 0 Å². The van der Waals surface area contributed by atoms with Gasteiger partial charge in [-0.15, -0.1) is 11.3 Å². The summed E-state index contributed by atoms with van der Waals surface area (Å²) in [5.74, 6) is 0.816. The van der Waals surface area contributed by atoms with Gasteiger partial charge in [-0.3, -0.25) is 9.59 Å². The van der Waals surface area contributed by atoms with Crippen LogP contribution in [0.2, 0.25) is 0 Å². The van der Waals surface area contributed by atoms with Crippen molar-refractivity contribution >= 4 is 40.6 Å². The van der Waals surface area contributed by atoms with E-state index >= 15 is 0 Å². The Morgan fingerprint density at radius 2 is 2.40 bits per heavy atom. The first kappa shape index (κ1) is 12.2. The average Bonchev–Trinajstić information content (AvgIpc) is 2.65. The van der Waals surface area contributed by atoms with E-state index < -0.39 is 0 Å². The first-order valence-electron chi connectivity index (χ1n) is 4.56. The zero-order chi connectivity index (χ0) is 11.1. The number of hydrogen-bond acceptors (Lipinski definition) is 4. The number of allylic oxidation sites excluding steroid dienone is 1. The highest BCUT2D eigenvalue weighted by Gasteiger charge is 1.94. The Morgan fingerprint density at radius 3 is 3.00 bits per heavy atom. The van der Waals surface area contributed by atoms with E-state index in [2.05, 4.69) is 0 Å². The first-order valence-corrected chi connectivity index (χ1v) is 6.42. The fourth-order valence-corrected chi connectivity index (χ4v) is 2.23. The quantitative estimate of drug-likeness (QED) is 0.585. The molecule has 0 aliphatic carbocycles. The second kappa shape index (κ2) is 6.58. The number of thiophene rings is 1. The molecule has 0 saturated heterocycles. The van der Waals surface area contributed by atoms with Gasteiger partial charge in [0.2, 0.25) is 0 Å². The third kappa shape index (κ3) is 4.95. The smallest absolute Gasteiger partial charge is 0.185 e. The van der Waals surface area contributed by atoms with E-state index in [0.29, 0.717) is 0 Å². The van der Waals surface area contributed by atoms with Crippen molar-refractivity contribution in [3.8, 4) is 0 Å². The molecule has 0 fully saturated rings. The molecule has 0 aliphatic rings. The SMILES string of the molecule is CC(=O)SCCC=Cc1csc(C=O)c1. The second-order valence-electron chi connectivity index (χ2n) is 2.93. The van der Waals surface area contributed by atoms with Gasteiger partial charge in [-0.1, -0.05) is 23.9 Å². The van der Waals surface area contributed by atoms with Crippen LogP contribution in [0, 0.1) is 0 Å². The maximum Gasteiger partial charge on any atom is 0.185 e. The normalized spacial score (nSPS) is 10.7. The predicted molar refractivity (Wildman–Crippen MR) is 66.5 cm³/mol. The minimum absolute atomic E-state index is 0.155. The molecule has 1 heterocycles. The van der Waals surface area contributed by atoms with Crippen LogP contribution in [-0.4, -0.2) is 17.2 Å². The lowest BCUT2D eigenvalue weighted by atomic mass is 10.3. The molecule has 2 nitrogen and oxygen atoms in total. The molecule has 0 atom stereocenters. The summed E-state index contributed by atoms with van der Waals surface area (Å²) in [5.41, 5.74) is 1.05. The molecule has 0 N–H and O–H groups in total. The fraction of sp³-hybridized carbons (Fsp3) is 0.273. The summed E-state index contributed by atoms with van der Waals surface area (Å²) in [6.07, 6.45) is 5.72. The first-order chi connectivity index (χ1) is 7.22. The molecule has 80 valence electrons. The van der Waals surface area contributed by atoms with Crippen molar-refractivity contribution in [2.45, 2.75) is 13.3 Å². The van der Waals surface area contributed by atoms with Gasteiger partial charge in [-0.2, -0.15) is 0 Å². The van der Waals surface area contributed by atoms with E-state index in [0.717, 1.165) is 28.9 Å². The molecule has 0 unspecified atom stereocenters. The van der Waals surface area contributed by atoms with Crippen molar-refractivity contribution in [2.75, 3.05) is 5.75 Å². The van der Waals surface area contributed by atoms with Crippen molar-refractivity contribution in [2.24, 2.45) is 0 Å². The van der Waals surface area contributed by atoms with E-state index in [4.69, 9.17) is 0 Å².